The lowest BCUT2D eigenvalue weighted by Crippen LogP contribution is -2.37. The first-order valence-corrected chi connectivity index (χ1v) is 11.7. The fourth-order valence-corrected chi connectivity index (χ4v) is 6.84. The minimum absolute atomic E-state index is 0.101. The Bertz CT molecular complexity index is 764. The van der Waals surface area contributed by atoms with Gasteiger partial charge in [-0.05, 0) is 48.9 Å². The molecule has 0 aromatic heterocycles. The summed E-state index contributed by atoms with van der Waals surface area (Å²) in [4.78, 5) is 39.7. The summed E-state index contributed by atoms with van der Waals surface area (Å²) >= 11 is 7.40. The lowest BCUT2D eigenvalue weighted by Gasteiger charge is -2.28. The van der Waals surface area contributed by atoms with Crippen molar-refractivity contribution in [1.29, 1.82) is 0 Å². The number of imide groups is 1. The van der Waals surface area contributed by atoms with Crippen LogP contribution in [0.15, 0.2) is 24.3 Å². The number of halogens is 2. The molecular formula is C21H23Br2NO4. The Morgan fingerprint density at radius 3 is 2.14 bits per heavy atom. The molecule has 150 valence electrons. The first kappa shape index (κ1) is 20.1. The van der Waals surface area contributed by atoms with Crippen LogP contribution in [-0.4, -0.2) is 27.4 Å². The number of ether oxygens (including phenoxy) is 1. The molecule has 6 atom stereocenters. The number of hydrogen-bond acceptors (Lipinski definition) is 4. The van der Waals surface area contributed by atoms with Crippen LogP contribution < -0.4 is 9.64 Å². The van der Waals surface area contributed by atoms with Crippen molar-refractivity contribution in [3.05, 3.63) is 24.3 Å². The van der Waals surface area contributed by atoms with Crippen LogP contribution in [0.5, 0.6) is 5.75 Å². The number of anilines is 1. The Hall–Kier alpha value is -1.21. The Morgan fingerprint density at radius 1 is 1.04 bits per heavy atom. The van der Waals surface area contributed by atoms with Crippen molar-refractivity contribution in [2.45, 2.75) is 48.7 Å². The summed E-state index contributed by atoms with van der Waals surface area (Å²) in [5.74, 6) is -0.0869. The van der Waals surface area contributed by atoms with Crippen LogP contribution in [-0.2, 0) is 14.4 Å². The molecule has 0 unspecified atom stereocenters. The van der Waals surface area contributed by atoms with Crippen molar-refractivity contribution >= 4 is 55.3 Å². The number of nitrogens with zero attached hydrogens (tertiary/aromatic N) is 1. The van der Waals surface area contributed by atoms with Crippen molar-refractivity contribution < 1.29 is 19.1 Å². The van der Waals surface area contributed by atoms with Gasteiger partial charge in [-0.15, -0.1) is 0 Å². The smallest absolute Gasteiger partial charge is 0.311 e. The SMILES string of the molecule is CCCCCC(=O)Oc1ccc(N2C(=O)[C@@H]3[C@H]4C[C@@H]([C@H](Br)[C@H]4Br)[C@H]3C2=O)cc1. The summed E-state index contributed by atoms with van der Waals surface area (Å²) in [7, 11) is 0. The molecule has 1 heterocycles. The van der Waals surface area contributed by atoms with Gasteiger partial charge in [-0.25, -0.2) is 0 Å². The topological polar surface area (TPSA) is 63.7 Å². The van der Waals surface area contributed by atoms with Gasteiger partial charge < -0.3 is 4.74 Å². The second kappa shape index (κ2) is 7.90. The fourth-order valence-electron chi connectivity index (χ4n) is 4.97. The van der Waals surface area contributed by atoms with E-state index in [1.54, 1.807) is 24.3 Å². The highest BCUT2D eigenvalue weighted by atomic mass is 79.9. The summed E-state index contributed by atoms with van der Waals surface area (Å²) in [5, 5.41) is 0. The number of unbranched alkanes of at least 4 members (excludes halogenated alkanes) is 2. The standard InChI is InChI=1S/C21H23Br2NO4/c1-2-3-4-5-15(25)28-12-8-6-11(7-9-12)24-20(26)16-13-10-14(17(16)21(24)27)19(23)18(13)22/h6-9,13-14,16-19H,2-5,10H2,1H3/t13-,14-,16-,17-,18+,19+/m1/s1. The average molecular weight is 513 g/mol. The Morgan fingerprint density at radius 2 is 1.61 bits per heavy atom. The van der Waals surface area contributed by atoms with Gasteiger partial charge in [0.15, 0.2) is 0 Å². The molecule has 2 bridgehead atoms. The normalized spacial score (nSPS) is 33.5. The first-order chi connectivity index (χ1) is 13.4. The number of amides is 2. The second-order valence-corrected chi connectivity index (χ2v) is 10.1. The molecule has 2 aliphatic carbocycles. The Labute approximate surface area is 181 Å². The molecule has 2 saturated carbocycles. The second-order valence-electron chi connectivity index (χ2n) is 7.94. The number of carbonyl (C=O) groups is 3. The zero-order valence-electron chi connectivity index (χ0n) is 15.6. The molecule has 3 aliphatic rings. The summed E-state index contributed by atoms with van der Waals surface area (Å²) in [6, 6.07) is 6.67. The van der Waals surface area contributed by atoms with E-state index in [4.69, 9.17) is 4.74 Å². The van der Waals surface area contributed by atoms with E-state index in [9.17, 15) is 14.4 Å². The predicted molar refractivity (Wildman–Crippen MR) is 113 cm³/mol. The lowest BCUT2D eigenvalue weighted by atomic mass is 9.81. The molecule has 0 radical (unpaired) electrons. The van der Waals surface area contributed by atoms with Crippen molar-refractivity contribution in [3.63, 3.8) is 0 Å². The number of alkyl halides is 2. The van der Waals surface area contributed by atoms with Crippen molar-refractivity contribution in [2.24, 2.45) is 23.7 Å². The molecule has 1 aliphatic heterocycles. The van der Waals surface area contributed by atoms with E-state index in [-0.39, 0.29) is 51.1 Å². The van der Waals surface area contributed by atoms with E-state index < -0.39 is 0 Å². The van der Waals surface area contributed by atoms with Crippen molar-refractivity contribution in [1.82, 2.24) is 0 Å². The highest BCUT2D eigenvalue weighted by Gasteiger charge is 2.66. The molecule has 1 saturated heterocycles. The summed E-state index contributed by atoms with van der Waals surface area (Å²) in [5.41, 5.74) is 0.548. The largest absolute Gasteiger partial charge is 0.427 e. The van der Waals surface area contributed by atoms with Crippen LogP contribution in [0.4, 0.5) is 5.69 Å². The number of fused-ring (bicyclic) bond motifs is 5. The quantitative estimate of drug-likeness (QED) is 0.186. The summed E-state index contributed by atoms with van der Waals surface area (Å²) in [6.07, 6.45) is 4.18. The number of esters is 1. The molecule has 28 heavy (non-hydrogen) atoms. The molecule has 2 amide bonds. The zero-order chi connectivity index (χ0) is 20.0. The Kier molecular flexibility index (Phi) is 5.67. The number of carbonyl (C=O) groups excluding carboxylic acids is 3. The molecule has 1 aromatic rings. The molecule has 0 spiro atoms. The Balaban J connectivity index is 1.46. The van der Waals surface area contributed by atoms with E-state index in [0.717, 1.165) is 25.7 Å². The minimum Gasteiger partial charge on any atom is -0.427 e. The van der Waals surface area contributed by atoms with Crippen LogP contribution in [0.1, 0.15) is 39.0 Å². The average Bonchev–Trinajstić information content (AvgIpc) is 3.28. The lowest BCUT2D eigenvalue weighted by molar-refractivity contribution is -0.134. The van der Waals surface area contributed by atoms with Crippen LogP contribution in [0.25, 0.3) is 0 Å². The van der Waals surface area contributed by atoms with Crippen LogP contribution in [0, 0.1) is 23.7 Å². The van der Waals surface area contributed by atoms with Crippen LogP contribution >= 0.6 is 31.9 Å². The molecule has 4 rings (SSSR count). The molecule has 3 fully saturated rings. The monoisotopic (exact) mass is 511 g/mol. The molecule has 7 heteroatoms. The van der Waals surface area contributed by atoms with Crippen molar-refractivity contribution in [3.8, 4) is 5.75 Å². The third-order valence-electron chi connectivity index (χ3n) is 6.30. The van der Waals surface area contributed by atoms with Gasteiger partial charge in [0.1, 0.15) is 5.75 Å². The highest BCUT2D eigenvalue weighted by Crippen LogP contribution is 2.60. The molecular weight excluding hydrogens is 490 g/mol. The van der Waals surface area contributed by atoms with Crippen LogP contribution in [0.2, 0.25) is 0 Å². The maximum Gasteiger partial charge on any atom is 0.311 e. The fraction of sp³-hybridized carbons (Fsp3) is 0.571. The molecule has 5 nitrogen and oxygen atoms in total. The van der Waals surface area contributed by atoms with E-state index in [1.165, 1.54) is 4.90 Å². The third-order valence-corrected chi connectivity index (χ3v) is 9.50. The van der Waals surface area contributed by atoms with Gasteiger partial charge in [0.25, 0.3) is 0 Å². The van der Waals surface area contributed by atoms with Gasteiger partial charge in [0, 0.05) is 16.1 Å². The van der Waals surface area contributed by atoms with Crippen LogP contribution in [0.3, 0.4) is 0 Å². The van der Waals surface area contributed by atoms with E-state index in [1.807, 2.05) is 0 Å². The zero-order valence-corrected chi connectivity index (χ0v) is 18.8. The highest BCUT2D eigenvalue weighted by molar-refractivity contribution is 9.12. The van der Waals surface area contributed by atoms with E-state index >= 15 is 0 Å². The summed E-state index contributed by atoms with van der Waals surface area (Å²) < 4.78 is 5.34. The summed E-state index contributed by atoms with van der Waals surface area (Å²) in [6.45, 7) is 2.08. The number of benzene rings is 1. The molecule has 0 N–H and O–H groups in total. The van der Waals surface area contributed by atoms with Gasteiger partial charge in [-0.2, -0.15) is 0 Å². The molecule has 1 aromatic carbocycles. The maximum atomic E-state index is 13.0. The van der Waals surface area contributed by atoms with Crippen molar-refractivity contribution in [2.75, 3.05) is 4.90 Å². The van der Waals surface area contributed by atoms with E-state index in [2.05, 4.69) is 38.8 Å². The van der Waals surface area contributed by atoms with Gasteiger partial charge in [-0.1, -0.05) is 51.6 Å². The third kappa shape index (κ3) is 3.24. The predicted octanol–water partition coefficient (Wildman–Crippen LogP) is 4.45. The van der Waals surface area contributed by atoms with Gasteiger partial charge in [0.05, 0.1) is 17.5 Å². The first-order valence-electron chi connectivity index (χ1n) is 9.90. The number of rotatable bonds is 6. The van der Waals surface area contributed by atoms with Gasteiger partial charge >= 0.3 is 5.97 Å². The minimum atomic E-state index is -0.257. The maximum absolute atomic E-state index is 13.0. The van der Waals surface area contributed by atoms with Gasteiger partial charge in [0.2, 0.25) is 11.8 Å². The number of hydrogen-bond donors (Lipinski definition) is 0. The van der Waals surface area contributed by atoms with Gasteiger partial charge in [-0.3, -0.25) is 19.3 Å². The van der Waals surface area contributed by atoms with E-state index in [0.29, 0.717) is 17.9 Å².